The number of nitrogens with two attached hydrogens (primary N) is 1. The molecule has 6 heteroatoms. The van der Waals surface area contributed by atoms with E-state index in [-0.39, 0.29) is 11.9 Å². The summed E-state index contributed by atoms with van der Waals surface area (Å²) in [5.74, 6) is -1.22. The molecule has 0 aliphatic carbocycles. The number of benzene rings is 2. The number of hydrogen-bond acceptors (Lipinski definition) is 2. The number of carbonyl (C=O) groups excluding carboxylic acids is 1. The normalized spacial score (nSPS) is 11.7. The van der Waals surface area contributed by atoms with Gasteiger partial charge < -0.3 is 5.73 Å². The van der Waals surface area contributed by atoms with Crippen LogP contribution in [0.2, 0.25) is 10.0 Å². The van der Waals surface area contributed by atoms with Gasteiger partial charge >= 0.3 is 0 Å². The van der Waals surface area contributed by atoms with E-state index >= 15 is 0 Å². The van der Waals surface area contributed by atoms with Gasteiger partial charge in [-0.05, 0) is 41.8 Å². The van der Waals surface area contributed by atoms with E-state index in [0.29, 0.717) is 16.5 Å². The molecule has 0 saturated heterocycles. The fraction of sp³-hybridized carbons (Fsp3) is 0.125. The molecule has 0 aromatic heterocycles. The average Bonchev–Trinajstić information content (AvgIpc) is 2.45. The molecule has 0 radical (unpaired) electrons. The van der Waals surface area contributed by atoms with Crippen LogP contribution in [0.15, 0.2) is 48.5 Å². The van der Waals surface area contributed by atoms with Gasteiger partial charge in [-0.25, -0.2) is 0 Å². The highest BCUT2D eigenvalue weighted by atomic mass is 35.5. The van der Waals surface area contributed by atoms with Gasteiger partial charge in [0.2, 0.25) is 5.91 Å². The number of amides is 1. The zero-order valence-corrected chi connectivity index (χ0v) is 13.2. The van der Waals surface area contributed by atoms with Crippen LogP contribution < -0.4 is 11.1 Å². The Bertz CT molecular complexity index is 686. The maximum atomic E-state index is 12.3. The summed E-state index contributed by atoms with van der Waals surface area (Å²) in [5, 5.41) is 10.8. The Balaban J connectivity index is 2.30. The molecule has 1 amide bonds. The molecule has 0 aliphatic heterocycles. The lowest BCUT2D eigenvalue weighted by Crippen LogP contribution is -2.39. The van der Waals surface area contributed by atoms with Crippen LogP contribution in [0, 0.1) is 5.41 Å². The third-order valence-corrected chi connectivity index (χ3v) is 3.67. The van der Waals surface area contributed by atoms with Crippen molar-refractivity contribution in [3.8, 4) is 0 Å². The van der Waals surface area contributed by atoms with Crippen molar-refractivity contribution < 1.29 is 4.79 Å². The van der Waals surface area contributed by atoms with Crippen LogP contribution in [-0.4, -0.2) is 11.9 Å². The van der Waals surface area contributed by atoms with Crippen LogP contribution in [0.4, 0.5) is 0 Å². The van der Waals surface area contributed by atoms with Gasteiger partial charge in [0, 0.05) is 10.0 Å². The Morgan fingerprint density at radius 2 is 1.82 bits per heavy atom. The lowest BCUT2D eigenvalue weighted by atomic mass is 9.91. The quantitative estimate of drug-likeness (QED) is 0.591. The Hall–Kier alpha value is -2.04. The zero-order chi connectivity index (χ0) is 16.1. The third kappa shape index (κ3) is 4.48. The highest BCUT2D eigenvalue weighted by Gasteiger charge is 2.22. The third-order valence-electron chi connectivity index (χ3n) is 3.18. The largest absolute Gasteiger partial charge is 0.370 e. The van der Waals surface area contributed by atoms with Gasteiger partial charge in [0.25, 0.3) is 0 Å². The smallest absolute Gasteiger partial charge is 0.234 e. The van der Waals surface area contributed by atoms with E-state index in [9.17, 15) is 4.79 Å². The molecule has 22 heavy (non-hydrogen) atoms. The van der Waals surface area contributed by atoms with Gasteiger partial charge in [0.1, 0.15) is 0 Å². The minimum absolute atomic E-state index is 0.343. The van der Waals surface area contributed by atoms with E-state index in [2.05, 4.69) is 5.32 Å². The highest BCUT2D eigenvalue weighted by Crippen LogP contribution is 2.24. The summed E-state index contributed by atoms with van der Waals surface area (Å²) in [4.78, 5) is 12.3. The average molecular weight is 336 g/mol. The van der Waals surface area contributed by atoms with Gasteiger partial charge in [-0.1, -0.05) is 47.5 Å². The Morgan fingerprint density at radius 1 is 1.14 bits per heavy atom. The first kappa shape index (κ1) is 16.3. The maximum Gasteiger partial charge on any atom is 0.234 e. The molecule has 0 saturated carbocycles. The summed E-state index contributed by atoms with van der Waals surface area (Å²) >= 11 is 11.9. The molecule has 0 heterocycles. The SMILES string of the molecule is N=C(N)NC(=O)C(Cc1ccc(Cl)cc1)c1cccc(Cl)c1. The molecule has 4 nitrogen and oxygen atoms in total. The summed E-state index contributed by atoms with van der Waals surface area (Å²) in [5.41, 5.74) is 6.98. The fourth-order valence-electron chi connectivity index (χ4n) is 2.16. The second-order valence-corrected chi connectivity index (χ2v) is 5.71. The Labute approximate surface area is 138 Å². The molecule has 0 fully saturated rings. The van der Waals surface area contributed by atoms with Crippen LogP contribution in [0.1, 0.15) is 17.0 Å². The van der Waals surface area contributed by atoms with Crippen molar-refractivity contribution in [1.82, 2.24) is 5.32 Å². The molecule has 1 atom stereocenters. The van der Waals surface area contributed by atoms with Crippen molar-refractivity contribution in [1.29, 1.82) is 5.41 Å². The molecule has 2 aromatic carbocycles. The van der Waals surface area contributed by atoms with E-state index in [4.69, 9.17) is 34.3 Å². The van der Waals surface area contributed by atoms with Gasteiger partial charge in [0.15, 0.2) is 5.96 Å². The zero-order valence-electron chi connectivity index (χ0n) is 11.6. The van der Waals surface area contributed by atoms with Crippen molar-refractivity contribution >= 4 is 35.1 Å². The predicted octanol–water partition coefficient (Wildman–Crippen LogP) is 3.33. The Morgan fingerprint density at radius 3 is 2.41 bits per heavy atom. The standard InChI is InChI=1S/C16H15Cl2N3O/c17-12-6-4-10(5-7-12)8-14(15(22)21-16(19)20)11-2-1-3-13(18)9-11/h1-7,9,14H,8H2,(H4,19,20,21,22). The molecule has 2 rings (SSSR count). The van der Waals surface area contributed by atoms with Crippen molar-refractivity contribution in [3.63, 3.8) is 0 Å². The predicted molar refractivity (Wildman–Crippen MR) is 89.4 cm³/mol. The fourth-order valence-corrected chi connectivity index (χ4v) is 2.49. The number of carbonyl (C=O) groups is 1. The minimum atomic E-state index is -0.497. The molecule has 4 N–H and O–H groups in total. The number of hydrogen-bond donors (Lipinski definition) is 3. The van der Waals surface area contributed by atoms with E-state index in [0.717, 1.165) is 11.1 Å². The molecule has 0 spiro atoms. The lowest BCUT2D eigenvalue weighted by Gasteiger charge is -2.17. The first-order valence-electron chi connectivity index (χ1n) is 6.60. The monoisotopic (exact) mass is 335 g/mol. The highest BCUT2D eigenvalue weighted by molar-refractivity contribution is 6.30. The van der Waals surface area contributed by atoms with Gasteiger partial charge in [-0.3, -0.25) is 15.5 Å². The van der Waals surface area contributed by atoms with Crippen LogP contribution in [0.3, 0.4) is 0 Å². The summed E-state index contributed by atoms with van der Waals surface area (Å²) in [6.45, 7) is 0. The molecule has 1 unspecified atom stereocenters. The second kappa shape index (κ2) is 7.29. The summed E-state index contributed by atoms with van der Waals surface area (Å²) in [6, 6.07) is 14.4. The van der Waals surface area contributed by atoms with E-state index in [1.165, 1.54) is 0 Å². The maximum absolute atomic E-state index is 12.3. The van der Waals surface area contributed by atoms with Gasteiger partial charge in [-0.15, -0.1) is 0 Å². The summed E-state index contributed by atoms with van der Waals surface area (Å²) in [6.07, 6.45) is 0.455. The second-order valence-electron chi connectivity index (χ2n) is 4.84. The van der Waals surface area contributed by atoms with E-state index in [1.807, 2.05) is 18.2 Å². The first-order chi connectivity index (χ1) is 10.5. The number of rotatable bonds is 4. The Kier molecular flexibility index (Phi) is 5.41. The molecule has 0 aliphatic rings. The molecule has 0 bridgehead atoms. The topological polar surface area (TPSA) is 79.0 Å². The minimum Gasteiger partial charge on any atom is -0.370 e. The van der Waals surface area contributed by atoms with Crippen molar-refractivity contribution in [2.24, 2.45) is 5.73 Å². The lowest BCUT2D eigenvalue weighted by molar-refractivity contribution is -0.121. The van der Waals surface area contributed by atoms with E-state index < -0.39 is 5.92 Å². The number of nitrogens with one attached hydrogen (secondary N) is 2. The van der Waals surface area contributed by atoms with Gasteiger partial charge in [0.05, 0.1) is 5.92 Å². The van der Waals surface area contributed by atoms with Crippen LogP contribution in [0.25, 0.3) is 0 Å². The van der Waals surface area contributed by atoms with Crippen molar-refractivity contribution in [3.05, 3.63) is 69.7 Å². The number of guanidine groups is 1. The van der Waals surface area contributed by atoms with Crippen molar-refractivity contribution in [2.45, 2.75) is 12.3 Å². The number of halogens is 2. The first-order valence-corrected chi connectivity index (χ1v) is 7.36. The van der Waals surface area contributed by atoms with Crippen LogP contribution >= 0.6 is 23.2 Å². The summed E-state index contributed by atoms with van der Waals surface area (Å²) < 4.78 is 0. The molecule has 114 valence electrons. The molecular formula is C16H15Cl2N3O. The molecular weight excluding hydrogens is 321 g/mol. The van der Waals surface area contributed by atoms with Crippen LogP contribution in [0.5, 0.6) is 0 Å². The van der Waals surface area contributed by atoms with Gasteiger partial charge in [-0.2, -0.15) is 0 Å². The summed E-state index contributed by atoms with van der Waals surface area (Å²) in [7, 11) is 0. The molecule has 2 aromatic rings. The van der Waals surface area contributed by atoms with E-state index in [1.54, 1.807) is 30.3 Å². The van der Waals surface area contributed by atoms with Crippen molar-refractivity contribution in [2.75, 3.05) is 0 Å². The van der Waals surface area contributed by atoms with Crippen LogP contribution in [-0.2, 0) is 11.2 Å².